The SMILES string of the molecule is CSCC[C@@H](C(=O)OCC(=O)N(CCC#N)c1ccccc1F)N1C(=O)c2ccccc2C1=O. The molecule has 0 N–H and O–H groups in total. The number of rotatable bonds is 10. The molecule has 10 heteroatoms. The lowest BCUT2D eigenvalue weighted by molar-refractivity contribution is -0.151. The molecule has 1 atom stereocenters. The monoisotopic (exact) mass is 483 g/mol. The van der Waals surface area contributed by atoms with E-state index < -0.39 is 42.2 Å². The molecule has 3 amide bonds. The first-order chi connectivity index (χ1) is 16.4. The minimum atomic E-state index is -1.21. The lowest BCUT2D eigenvalue weighted by Crippen LogP contribution is -2.47. The molecule has 1 aliphatic rings. The maximum Gasteiger partial charge on any atom is 0.329 e. The number of carbonyl (C=O) groups excluding carboxylic acids is 4. The van der Waals surface area contributed by atoms with Crippen LogP contribution in [-0.2, 0) is 14.3 Å². The van der Waals surface area contributed by atoms with Gasteiger partial charge in [0.25, 0.3) is 17.7 Å². The van der Waals surface area contributed by atoms with E-state index in [-0.39, 0.29) is 36.2 Å². The molecule has 0 saturated heterocycles. The van der Waals surface area contributed by atoms with Gasteiger partial charge in [-0.25, -0.2) is 9.18 Å². The Balaban J connectivity index is 1.76. The summed E-state index contributed by atoms with van der Waals surface area (Å²) in [6, 6.07) is 12.5. The lowest BCUT2D eigenvalue weighted by atomic mass is 10.1. The maximum absolute atomic E-state index is 14.2. The molecule has 0 unspecified atom stereocenters. The van der Waals surface area contributed by atoms with E-state index in [1.807, 2.05) is 12.3 Å². The third-order valence-corrected chi connectivity index (χ3v) is 5.88. The molecule has 0 aliphatic carbocycles. The summed E-state index contributed by atoms with van der Waals surface area (Å²) in [6.07, 6.45) is 1.90. The highest BCUT2D eigenvalue weighted by Gasteiger charge is 2.43. The summed E-state index contributed by atoms with van der Waals surface area (Å²) < 4.78 is 19.4. The number of benzene rings is 2. The van der Waals surface area contributed by atoms with E-state index in [0.717, 1.165) is 9.80 Å². The highest BCUT2D eigenvalue weighted by molar-refractivity contribution is 7.98. The summed E-state index contributed by atoms with van der Waals surface area (Å²) in [6.45, 7) is -0.834. The number of esters is 1. The van der Waals surface area contributed by atoms with Crippen LogP contribution in [0.15, 0.2) is 48.5 Å². The Bertz CT molecular complexity index is 1110. The van der Waals surface area contributed by atoms with Crippen molar-refractivity contribution >= 4 is 41.1 Å². The molecule has 3 rings (SSSR count). The molecule has 1 heterocycles. The Morgan fingerprint density at radius 3 is 2.32 bits per heavy atom. The smallest absolute Gasteiger partial charge is 0.329 e. The molecule has 0 saturated carbocycles. The largest absolute Gasteiger partial charge is 0.454 e. The van der Waals surface area contributed by atoms with Crippen LogP contribution in [0.3, 0.4) is 0 Å². The fourth-order valence-corrected chi connectivity index (χ4v) is 4.05. The molecule has 1 aliphatic heterocycles. The van der Waals surface area contributed by atoms with E-state index in [2.05, 4.69) is 0 Å². The minimum Gasteiger partial charge on any atom is -0.454 e. The molecule has 0 radical (unpaired) electrons. The number of carbonyl (C=O) groups is 4. The molecule has 176 valence electrons. The summed E-state index contributed by atoms with van der Waals surface area (Å²) >= 11 is 1.43. The van der Waals surface area contributed by atoms with Crippen molar-refractivity contribution in [2.45, 2.75) is 18.9 Å². The normalized spacial score (nSPS) is 13.3. The second-order valence-electron chi connectivity index (χ2n) is 7.34. The van der Waals surface area contributed by atoms with Crippen molar-refractivity contribution in [3.05, 3.63) is 65.5 Å². The number of nitrogens with zero attached hydrogens (tertiary/aromatic N) is 3. The standard InChI is InChI=1S/C24H22FN3O5S/c1-34-14-11-20(28-22(30)16-7-2-3-8-17(16)23(28)31)24(32)33-15-21(29)27(13-6-12-26)19-10-5-4-9-18(19)25/h2-5,7-10,20H,6,11,13-15H2,1H3/t20-/m0/s1. The summed E-state index contributed by atoms with van der Waals surface area (Å²) in [4.78, 5) is 53.3. The van der Waals surface area contributed by atoms with Gasteiger partial charge in [-0.15, -0.1) is 0 Å². The first-order valence-electron chi connectivity index (χ1n) is 10.4. The van der Waals surface area contributed by atoms with Crippen molar-refractivity contribution in [1.29, 1.82) is 5.26 Å². The second kappa shape index (κ2) is 11.4. The average molecular weight is 484 g/mol. The molecule has 0 aromatic heterocycles. The second-order valence-corrected chi connectivity index (χ2v) is 8.32. The maximum atomic E-state index is 14.2. The van der Waals surface area contributed by atoms with Crippen molar-refractivity contribution in [3.8, 4) is 6.07 Å². The van der Waals surface area contributed by atoms with Crippen LogP contribution in [0.25, 0.3) is 0 Å². The number of thioether (sulfide) groups is 1. The molecule has 0 spiro atoms. The highest BCUT2D eigenvalue weighted by atomic mass is 32.2. The van der Waals surface area contributed by atoms with Crippen molar-refractivity contribution < 1.29 is 28.3 Å². The quantitative estimate of drug-likeness (QED) is 0.378. The number of amides is 3. The van der Waals surface area contributed by atoms with Gasteiger partial charge in [-0.05, 0) is 42.7 Å². The lowest BCUT2D eigenvalue weighted by Gasteiger charge is -2.26. The number of halogens is 1. The van der Waals surface area contributed by atoms with Crippen LogP contribution in [0, 0.1) is 17.1 Å². The first kappa shape index (κ1) is 24.9. The van der Waals surface area contributed by atoms with Crippen molar-refractivity contribution in [2.24, 2.45) is 0 Å². The van der Waals surface area contributed by atoms with Crippen LogP contribution in [0.2, 0.25) is 0 Å². The molecular weight excluding hydrogens is 461 g/mol. The first-order valence-corrected chi connectivity index (χ1v) is 11.8. The fraction of sp³-hybridized carbons (Fsp3) is 0.292. The number of imide groups is 1. The summed E-state index contributed by atoms with van der Waals surface area (Å²) in [5.74, 6) is -3.05. The Hall–Kier alpha value is -3.71. The van der Waals surface area contributed by atoms with Gasteiger partial charge in [0.05, 0.1) is 29.3 Å². The molecule has 8 nitrogen and oxygen atoms in total. The summed E-state index contributed by atoms with van der Waals surface area (Å²) in [7, 11) is 0. The van der Waals surface area contributed by atoms with Gasteiger partial charge in [-0.3, -0.25) is 19.3 Å². The predicted molar refractivity (Wildman–Crippen MR) is 124 cm³/mol. The van der Waals surface area contributed by atoms with Gasteiger partial charge in [0.15, 0.2) is 6.61 Å². The number of fused-ring (bicyclic) bond motifs is 1. The van der Waals surface area contributed by atoms with E-state index in [9.17, 15) is 23.6 Å². The van der Waals surface area contributed by atoms with Crippen LogP contribution in [0.5, 0.6) is 0 Å². The molecule has 34 heavy (non-hydrogen) atoms. The van der Waals surface area contributed by atoms with Gasteiger partial charge >= 0.3 is 5.97 Å². The zero-order valence-electron chi connectivity index (χ0n) is 18.4. The Kier molecular flexibility index (Phi) is 8.38. The van der Waals surface area contributed by atoms with Crippen LogP contribution >= 0.6 is 11.8 Å². The molecule has 0 fully saturated rings. The van der Waals surface area contributed by atoms with Gasteiger partial charge < -0.3 is 9.64 Å². The summed E-state index contributed by atoms with van der Waals surface area (Å²) in [5, 5.41) is 8.89. The van der Waals surface area contributed by atoms with E-state index in [1.54, 1.807) is 12.1 Å². The predicted octanol–water partition coefficient (Wildman–Crippen LogP) is 3.03. The van der Waals surface area contributed by atoms with Gasteiger partial charge in [-0.1, -0.05) is 24.3 Å². The van der Waals surface area contributed by atoms with Crippen LogP contribution in [0.4, 0.5) is 10.1 Å². The average Bonchev–Trinajstić information content (AvgIpc) is 3.09. The van der Waals surface area contributed by atoms with Crippen LogP contribution in [-0.4, -0.2) is 59.8 Å². The van der Waals surface area contributed by atoms with Gasteiger partial charge in [0.1, 0.15) is 11.9 Å². The number of nitriles is 1. The van der Waals surface area contributed by atoms with Crippen molar-refractivity contribution in [3.63, 3.8) is 0 Å². The van der Waals surface area contributed by atoms with Crippen molar-refractivity contribution in [1.82, 2.24) is 4.90 Å². The summed E-state index contributed by atoms with van der Waals surface area (Å²) in [5.41, 5.74) is 0.360. The Morgan fingerprint density at radius 2 is 1.74 bits per heavy atom. The fourth-order valence-electron chi connectivity index (χ4n) is 3.59. The number of anilines is 1. The highest BCUT2D eigenvalue weighted by Crippen LogP contribution is 2.27. The molecule has 0 bridgehead atoms. The van der Waals surface area contributed by atoms with E-state index in [4.69, 9.17) is 10.00 Å². The number of ether oxygens (including phenoxy) is 1. The third kappa shape index (κ3) is 5.26. The van der Waals surface area contributed by atoms with Crippen LogP contribution < -0.4 is 4.90 Å². The minimum absolute atomic E-state index is 0.0434. The van der Waals surface area contributed by atoms with Gasteiger partial charge in [0.2, 0.25) is 0 Å². The zero-order chi connectivity index (χ0) is 24.7. The van der Waals surface area contributed by atoms with E-state index in [1.165, 1.54) is 48.2 Å². The van der Waals surface area contributed by atoms with E-state index >= 15 is 0 Å². The van der Waals surface area contributed by atoms with Gasteiger partial charge in [0, 0.05) is 6.54 Å². The number of hydrogen-bond acceptors (Lipinski definition) is 7. The molecular formula is C24H22FN3O5S. The Morgan fingerprint density at radius 1 is 1.12 bits per heavy atom. The van der Waals surface area contributed by atoms with Gasteiger partial charge in [-0.2, -0.15) is 17.0 Å². The Labute approximate surface area is 200 Å². The third-order valence-electron chi connectivity index (χ3n) is 5.23. The number of hydrogen-bond donors (Lipinski definition) is 0. The van der Waals surface area contributed by atoms with Crippen molar-refractivity contribution in [2.75, 3.05) is 30.1 Å². The molecule has 2 aromatic carbocycles. The van der Waals surface area contributed by atoms with E-state index in [0.29, 0.717) is 5.75 Å². The number of para-hydroxylation sites is 1. The molecule has 2 aromatic rings. The zero-order valence-corrected chi connectivity index (χ0v) is 19.2. The van der Waals surface area contributed by atoms with Crippen LogP contribution in [0.1, 0.15) is 33.6 Å². The topological polar surface area (TPSA) is 108 Å².